The smallest absolute Gasteiger partial charge is 0.343 e. The molecule has 0 spiro atoms. The Balaban J connectivity index is 1.72. The highest BCUT2D eigenvalue weighted by molar-refractivity contribution is 6.19. The van der Waals surface area contributed by atoms with Crippen LogP contribution in [0.4, 0.5) is 5.88 Å². The van der Waals surface area contributed by atoms with Crippen LogP contribution in [0.2, 0.25) is 0 Å². The van der Waals surface area contributed by atoms with Crippen LogP contribution in [0.3, 0.4) is 0 Å². The van der Waals surface area contributed by atoms with E-state index in [1.807, 2.05) is 12.1 Å². The minimum Gasteiger partial charge on any atom is -0.440 e. The van der Waals surface area contributed by atoms with Crippen molar-refractivity contribution < 1.29 is 18.7 Å². The molecule has 27 heavy (non-hydrogen) atoms. The molecular formula is C22H15NO4. The largest absolute Gasteiger partial charge is 0.440 e. The summed E-state index contributed by atoms with van der Waals surface area (Å²) in [4.78, 5) is 25.1. The quantitative estimate of drug-likeness (QED) is 0.331. The van der Waals surface area contributed by atoms with Crippen molar-refractivity contribution >= 4 is 28.6 Å². The molecule has 0 amide bonds. The molecule has 0 atom stereocenters. The van der Waals surface area contributed by atoms with Crippen LogP contribution in [0.15, 0.2) is 83.3 Å². The Bertz CT molecular complexity index is 1130. The molecule has 0 fully saturated rings. The van der Waals surface area contributed by atoms with Crippen LogP contribution in [0.5, 0.6) is 5.75 Å². The lowest BCUT2D eigenvalue weighted by Crippen LogP contribution is -2.08. The number of fused-ring (bicyclic) bond motifs is 1. The van der Waals surface area contributed by atoms with Crippen LogP contribution >= 0.6 is 0 Å². The van der Waals surface area contributed by atoms with Crippen LogP contribution in [-0.4, -0.2) is 11.8 Å². The lowest BCUT2D eigenvalue weighted by atomic mass is 10.0. The van der Waals surface area contributed by atoms with Crippen LogP contribution in [0, 0.1) is 0 Å². The van der Waals surface area contributed by atoms with Gasteiger partial charge in [-0.25, -0.2) is 4.79 Å². The van der Waals surface area contributed by atoms with Gasteiger partial charge in [0.05, 0.1) is 11.1 Å². The van der Waals surface area contributed by atoms with Gasteiger partial charge in [-0.15, -0.1) is 0 Å². The summed E-state index contributed by atoms with van der Waals surface area (Å²) in [6.45, 7) is 0. The number of benzene rings is 3. The molecule has 5 nitrogen and oxygen atoms in total. The Labute approximate surface area is 155 Å². The maximum Gasteiger partial charge on any atom is 0.343 e. The Morgan fingerprint density at radius 1 is 0.815 bits per heavy atom. The molecule has 2 N–H and O–H groups in total. The number of carbonyl (C=O) groups is 2. The summed E-state index contributed by atoms with van der Waals surface area (Å²) in [6, 6.07) is 22.3. The fourth-order valence-corrected chi connectivity index (χ4v) is 2.87. The third-order valence-corrected chi connectivity index (χ3v) is 4.17. The maximum atomic E-state index is 12.8. The SMILES string of the molecule is Nc1oc2ccc(OC(=O)c3ccccc3)cc2c1C(=O)c1ccccc1. The third kappa shape index (κ3) is 3.18. The summed E-state index contributed by atoms with van der Waals surface area (Å²) in [5.74, 6) is -0.398. The molecule has 0 aliphatic heterocycles. The number of anilines is 1. The van der Waals surface area contributed by atoms with Crippen molar-refractivity contribution in [1.29, 1.82) is 0 Å². The number of furan rings is 1. The molecule has 0 bridgehead atoms. The van der Waals surface area contributed by atoms with E-state index in [0.29, 0.717) is 27.8 Å². The highest BCUT2D eigenvalue weighted by Crippen LogP contribution is 2.32. The van der Waals surface area contributed by atoms with Crippen molar-refractivity contribution in [1.82, 2.24) is 0 Å². The summed E-state index contributed by atoms with van der Waals surface area (Å²) in [6.07, 6.45) is 0. The molecule has 4 rings (SSSR count). The van der Waals surface area contributed by atoms with Crippen molar-refractivity contribution in [3.8, 4) is 5.75 Å². The van der Waals surface area contributed by atoms with Crippen molar-refractivity contribution in [3.63, 3.8) is 0 Å². The number of esters is 1. The van der Waals surface area contributed by atoms with E-state index in [4.69, 9.17) is 14.9 Å². The zero-order valence-corrected chi connectivity index (χ0v) is 14.2. The molecule has 1 heterocycles. The van der Waals surface area contributed by atoms with Crippen LogP contribution in [0.25, 0.3) is 11.0 Å². The van der Waals surface area contributed by atoms with Crippen molar-refractivity contribution in [3.05, 3.63) is 95.6 Å². The minimum absolute atomic E-state index is 0.0328. The first-order chi connectivity index (χ1) is 13.1. The van der Waals surface area contributed by atoms with Crippen molar-refractivity contribution in [2.75, 3.05) is 5.73 Å². The first-order valence-electron chi connectivity index (χ1n) is 8.32. The number of carbonyl (C=O) groups excluding carboxylic acids is 2. The fraction of sp³-hybridized carbons (Fsp3) is 0. The van der Waals surface area contributed by atoms with E-state index in [2.05, 4.69) is 0 Å². The zero-order valence-electron chi connectivity index (χ0n) is 14.2. The van der Waals surface area contributed by atoms with Gasteiger partial charge in [-0.05, 0) is 30.3 Å². The lowest BCUT2D eigenvalue weighted by molar-refractivity contribution is 0.0735. The minimum atomic E-state index is -0.484. The van der Waals surface area contributed by atoms with E-state index in [1.165, 1.54) is 0 Å². The number of hydrogen-bond acceptors (Lipinski definition) is 5. The van der Waals surface area contributed by atoms with Crippen molar-refractivity contribution in [2.45, 2.75) is 0 Å². The molecule has 0 saturated carbocycles. The second-order valence-corrected chi connectivity index (χ2v) is 5.95. The van der Waals surface area contributed by atoms with Crippen LogP contribution in [-0.2, 0) is 0 Å². The van der Waals surface area contributed by atoms with E-state index in [1.54, 1.807) is 66.7 Å². The average molecular weight is 357 g/mol. The molecule has 3 aromatic carbocycles. The highest BCUT2D eigenvalue weighted by Gasteiger charge is 2.21. The first-order valence-corrected chi connectivity index (χ1v) is 8.32. The van der Waals surface area contributed by atoms with Gasteiger partial charge in [0.1, 0.15) is 11.3 Å². The number of hydrogen-bond donors (Lipinski definition) is 1. The second kappa shape index (κ2) is 6.80. The fourth-order valence-electron chi connectivity index (χ4n) is 2.87. The van der Waals surface area contributed by atoms with E-state index in [9.17, 15) is 9.59 Å². The van der Waals surface area contributed by atoms with Gasteiger partial charge in [0.2, 0.25) is 5.88 Å². The van der Waals surface area contributed by atoms with Gasteiger partial charge in [-0.2, -0.15) is 0 Å². The number of ketones is 1. The number of rotatable bonds is 4. The van der Waals surface area contributed by atoms with E-state index in [-0.39, 0.29) is 17.2 Å². The normalized spacial score (nSPS) is 10.7. The first kappa shape index (κ1) is 16.6. The highest BCUT2D eigenvalue weighted by atomic mass is 16.5. The standard InChI is InChI=1S/C22H15NO4/c23-21-19(20(24)14-7-3-1-4-8-14)17-13-16(11-12-18(17)27-21)26-22(25)15-9-5-2-6-10-15/h1-13H,23H2. The van der Waals surface area contributed by atoms with Gasteiger partial charge < -0.3 is 14.9 Å². The molecule has 0 unspecified atom stereocenters. The predicted octanol–water partition coefficient (Wildman–Crippen LogP) is 4.47. The molecule has 4 aromatic rings. The van der Waals surface area contributed by atoms with Crippen LogP contribution < -0.4 is 10.5 Å². The van der Waals surface area contributed by atoms with Gasteiger partial charge in [0.15, 0.2) is 5.78 Å². The van der Waals surface area contributed by atoms with Gasteiger partial charge in [0, 0.05) is 10.9 Å². The number of nitrogens with two attached hydrogens (primary N) is 1. The average Bonchev–Trinajstić information content (AvgIpc) is 3.04. The zero-order chi connectivity index (χ0) is 18.8. The molecule has 0 saturated heterocycles. The third-order valence-electron chi connectivity index (χ3n) is 4.17. The number of nitrogen functional groups attached to an aromatic ring is 1. The lowest BCUT2D eigenvalue weighted by Gasteiger charge is -2.05. The number of ether oxygens (including phenoxy) is 1. The summed E-state index contributed by atoms with van der Waals surface area (Å²) in [5, 5.41) is 0.500. The van der Waals surface area contributed by atoms with E-state index >= 15 is 0 Å². The summed E-state index contributed by atoms with van der Waals surface area (Å²) in [5.41, 5.74) is 7.58. The Hall–Kier alpha value is -3.86. The Morgan fingerprint density at radius 3 is 2.11 bits per heavy atom. The van der Waals surface area contributed by atoms with E-state index < -0.39 is 5.97 Å². The van der Waals surface area contributed by atoms with Crippen molar-refractivity contribution in [2.24, 2.45) is 0 Å². The van der Waals surface area contributed by atoms with Gasteiger partial charge in [0.25, 0.3) is 0 Å². The Morgan fingerprint density at radius 2 is 1.44 bits per heavy atom. The summed E-state index contributed by atoms with van der Waals surface area (Å²) < 4.78 is 10.9. The molecule has 132 valence electrons. The van der Waals surface area contributed by atoms with Crippen LogP contribution in [0.1, 0.15) is 26.3 Å². The molecule has 1 aromatic heterocycles. The summed E-state index contributed by atoms with van der Waals surface area (Å²) in [7, 11) is 0. The molecule has 5 heteroatoms. The second-order valence-electron chi connectivity index (χ2n) is 5.95. The maximum absolute atomic E-state index is 12.8. The van der Waals surface area contributed by atoms with Gasteiger partial charge in [-0.3, -0.25) is 4.79 Å². The van der Waals surface area contributed by atoms with Gasteiger partial charge in [-0.1, -0.05) is 48.5 Å². The van der Waals surface area contributed by atoms with Gasteiger partial charge >= 0.3 is 5.97 Å². The predicted molar refractivity (Wildman–Crippen MR) is 102 cm³/mol. The topological polar surface area (TPSA) is 82.5 Å². The molecule has 0 radical (unpaired) electrons. The van der Waals surface area contributed by atoms with E-state index in [0.717, 1.165) is 0 Å². The molecular weight excluding hydrogens is 342 g/mol. The summed E-state index contributed by atoms with van der Waals surface area (Å²) >= 11 is 0. The molecule has 0 aliphatic rings. The monoisotopic (exact) mass is 357 g/mol. The molecule has 0 aliphatic carbocycles. The Kier molecular flexibility index (Phi) is 4.18.